The predicted octanol–water partition coefficient (Wildman–Crippen LogP) is 0.800. The summed E-state index contributed by atoms with van der Waals surface area (Å²) in [5, 5.41) is 5.62. The predicted molar refractivity (Wildman–Crippen MR) is 73.5 cm³/mol. The van der Waals surface area contributed by atoms with Crippen LogP contribution in [0.5, 0.6) is 0 Å². The maximum absolute atomic E-state index is 11.1. The molecule has 0 radical (unpaired) electrons. The number of thiocarbonyl (C=S) groups is 2. The van der Waals surface area contributed by atoms with Crippen LogP contribution in [0, 0.1) is 0 Å². The van der Waals surface area contributed by atoms with Gasteiger partial charge in [-0.3, -0.25) is 9.59 Å². The first kappa shape index (κ1) is 12.3. The molecule has 2 aliphatic rings. The molecule has 8 heteroatoms. The van der Waals surface area contributed by atoms with Crippen molar-refractivity contribution in [1.29, 1.82) is 0 Å². The number of carbonyl (C=O) groups excluding carboxylic acids is 2. The van der Waals surface area contributed by atoms with Gasteiger partial charge in [0.1, 0.15) is 8.39 Å². The molecule has 16 heavy (non-hydrogen) atoms. The normalized spacial score (nSPS) is 29.5. The molecule has 2 saturated heterocycles. The first-order valence-corrected chi connectivity index (χ1v) is 7.17. The van der Waals surface area contributed by atoms with E-state index in [0.29, 0.717) is 8.39 Å². The van der Waals surface area contributed by atoms with Gasteiger partial charge in [-0.05, 0) is 12.8 Å². The molecule has 2 heterocycles. The fourth-order valence-corrected chi connectivity index (χ4v) is 3.90. The molecule has 2 fully saturated rings. The molecule has 0 aromatic heterocycles. The van der Waals surface area contributed by atoms with E-state index < -0.39 is 0 Å². The molecule has 2 N–H and O–H groups in total. The SMILES string of the molecule is O=C1NC(CCC2NC(=O)C(=S)S2)SC1=S. The van der Waals surface area contributed by atoms with Gasteiger partial charge in [-0.25, -0.2) is 0 Å². The molecule has 2 rings (SSSR count). The van der Waals surface area contributed by atoms with Gasteiger partial charge >= 0.3 is 0 Å². The standard InChI is InChI=1S/C8H8N2O2S4/c11-5-7(13)15-3(9-5)1-2-4-10-6(12)8(14)16-4/h3-4H,1-2H2,(H,9,11)(H,10,12). The Bertz CT molecular complexity index is 316. The van der Waals surface area contributed by atoms with Crippen LogP contribution in [0.4, 0.5) is 0 Å². The van der Waals surface area contributed by atoms with E-state index in [1.165, 1.54) is 23.5 Å². The van der Waals surface area contributed by atoms with Crippen molar-refractivity contribution >= 4 is 68.2 Å². The Balaban J connectivity index is 1.77. The fraction of sp³-hybridized carbons (Fsp3) is 0.500. The fourth-order valence-electron chi connectivity index (χ4n) is 1.40. The van der Waals surface area contributed by atoms with Crippen LogP contribution in [0.15, 0.2) is 0 Å². The van der Waals surface area contributed by atoms with Crippen LogP contribution >= 0.6 is 48.0 Å². The van der Waals surface area contributed by atoms with E-state index in [2.05, 4.69) is 10.6 Å². The number of thioether (sulfide) groups is 2. The Kier molecular flexibility index (Phi) is 3.83. The van der Waals surface area contributed by atoms with Crippen molar-refractivity contribution in [2.45, 2.75) is 23.6 Å². The number of hydrogen-bond donors (Lipinski definition) is 2. The smallest absolute Gasteiger partial charge is 0.269 e. The van der Waals surface area contributed by atoms with E-state index >= 15 is 0 Å². The Hall–Kier alpha value is -0.180. The first-order valence-electron chi connectivity index (χ1n) is 4.59. The van der Waals surface area contributed by atoms with Crippen LogP contribution in [-0.2, 0) is 9.59 Å². The van der Waals surface area contributed by atoms with Gasteiger partial charge in [0.15, 0.2) is 0 Å². The number of rotatable bonds is 3. The third kappa shape index (κ3) is 2.73. The summed E-state index contributed by atoms with van der Waals surface area (Å²) in [6, 6.07) is 0. The monoisotopic (exact) mass is 292 g/mol. The van der Waals surface area contributed by atoms with Crippen LogP contribution in [0.25, 0.3) is 0 Å². The van der Waals surface area contributed by atoms with Gasteiger partial charge in [0.25, 0.3) is 11.8 Å². The molecule has 86 valence electrons. The minimum atomic E-state index is -0.163. The third-order valence-corrected chi connectivity index (χ3v) is 5.17. The van der Waals surface area contributed by atoms with E-state index in [1.54, 1.807) is 0 Å². The Morgan fingerprint density at radius 3 is 1.56 bits per heavy atom. The lowest BCUT2D eigenvalue weighted by molar-refractivity contribution is -0.115. The average Bonchev–Trinajstić information content (AvgIpc) is 2.70. The Morgan fingerprint density at radius 1 is 0.938 bits per heavy atom. The van der Waals surface area contributed by atoms with Gasteiger partial charge < -0.3 is 10.6 Å². The highest BCUT2D eigenvalue weighted by Gasteiger charge is 2.31. The summed E-state index contributed by atoms with van der Waals surface area (Å²) in [7, 11) is 0. The van der Waals surface area contributed by atoms with E-state index in [9.17, 15) is 9.59 Å². The van der Waals surface area contributed by atoms with Crippen molar-refractivity contribution in [2.24, 2.45) is 0 Å². The minimum absolute atomic E-state index is 0.0340. The van der Waals surface area contributed by atoms with Crippen LogP contribution in [0.1, 0.15) is 12.8 Å². The van der Waals surface area contributed by atoms with E-state index in [-0.39, 0.29) is 22.6 Å². The summed E-state index contributed by atoms with van der Waals surface area (Å²) in [6.07, 6.45) is 1.55. The second kappa shape index (κ2) is 4.99. The van der Waals surface area contributed by atoms with E-state index in [4.69, 9.17) is 24.4 Å². The molecule has 2 amide bonds. The highest BCUT2D eigenvalue weighted by atomic mass is 32.2. The quantitative estimate of drug-likeness (QED) is 0.751. The van der Waals surface area contributed by atoms with Gasteiger partial charge in [0, 0.05) is 0 Å². The molecule has 2 unspecified atom stereocenters. The highest BCUT2D eigenvalue weighted by molar-refractivity contribution is 8.26. The van der Waals surface area contributed by atoms with Crippen LogP contribution in [-0.4, -0.2) is 31.0 Å². The summed E-state index contributed by atoms with van der Waals surface area (Å²) in [4.78, 5) is 22.2. The van der Waals surface area contributed by atoms with Crippen LogP contribution in [0.3, 0.4) is 0 Å². The van der Waals surface area contributed by atoms with Crippen molar-refractivity contribution in [3.8, 4) is 0 Å². The zero-order chi connectivity index (χ0) is 11.7. The zero-order valence-electron chi connectivity index (χ0n) is 8.02. The maximum Gasteiger partial charge on any atom is 0.269 e. The van der Waals surface area contributed by atoms with Crippen molar-refractivity contribution in [3.05, 3.63) is 0 Å². The van der Waals surface area contributed by atoms with Crippen molar-refractivity contribution in [1.82, 2.24) is 10.6 Å². The van der Waals surface area contributed by atoms with Crippen molar-refractivity contribution in [2.75, 3.05) is 0 Å². The average molecular weight is 292 g/mol. The molecule has 4 nitrogen and oxygen atoms in total. The summed E-state index contributed by atoms with van der Waals surface area (Å²) in [6.45, 7) is 0. The highest BCUT2D eigenvalue weighted by Crippen LogP contribution is 2.27. The van der Waals surface area contributed by atoms with Gasteiger partial charge in [0.05, 0.1) is 10.7 Å². The van der Waals surface area contributed by atoms with Crippen LogP contribution < -0.4 is 10.6 Å². The Labute approximate surface area is 112 Å². The van der Waals surface area contributed by atoms with E-state index in [0.717, 1.165) is 12.8 Å². The van der Waals surface area contributed by atoms with Gasteiger partial charge in [-0.15, -0.1) is 0 Å². The van der Waals surface area contributed by atoms with Gasteiger partial charge in [-0.2, -0.15) is 0 Å². The molecule has 0 bridgehead atoms. The minimum Gasteiger partial charge on any atom is -0.339 e. The van der Waals surface area contributed by atoms with Crippen LogP contribution in [0.2, 0.25) is 0 Å². The summed E-state index contributed by atoms with van der Waals surface area (Å²) in [5.74, 6) is -0.327. The maximum atomic E-state index is 11.1. The molecule has 0 saturated carbocycles. The lowest BCUT2D eigenvalue weighted by Gasteiger charge is -2.11. The molecular weight excluding hydrogens is 284 g/mol. The Morgan fingerprint density at radius 2 is 1.31 bits per heavy atom. The molecular formula is C8H8N2O2S4. The molecule has 0 aliphatic carbocycles. The van der Waals surface area contributed by atoms with Gasteiger partial charge in [-0.1, -0.05) is 48.0 Å². The first-order chi connectivity index (χ1) is 7.56. The third-order valence-electron chi connectivity index (χ3n) is 2.14. The van der Waals surface area contributed by atoms with Crippen molar-refractivity contribution < 1.29 is 9.59 Å². The summed E-state index contributed by atoms with van der Waals surface area (Å²) >= 11 is 12.5. The lowest BCUT2D eigenvalue weighted by atomic mass is 10.3. The van der Waals surface area contributed by atoms with E-state index in [1.807, 2.05) is 0 Å². The molecule has 0 aromatic carbocycles. The molecule has 0 spiro atoms. The lowest BCUT2D eigenvalue weighted by Crippen LogP contribution is -2.29. The number of amides is 2. The summed E-state index contributed by atoms with van der Waals surface area (Å²) in [5.41, 5.74) is 0. The molecule has 2 atom stereocenters. The number of nitrogens with one attached hydrogen (secondary N) is 2. The summed E-state index contributed by atoms with van der Waals surface area (Å²) < 4.78 is 0.785. The van der Waals surface area contributed by atoms with Gasteiger partial charge in [0.2, 0.25) is 0 Å². The molecule has 0 aromatic rings. The topological polar surface area (TPSA) is 58.2 Å². The second-order valence-electron chi connectivity index (χ2n) is 3.31. The largest absolute Gasteiger partial charge is 0.339 e. The number of hydrogen-bond acceptors (Lipinski definition) is 6. The molecule has 2 aliphatic heterocycles. The second-order valence-corrected chi connectivity index (χ2v) is 7.07. The van der Waals surface area contributed by atoms with Crippen molar-refractivity contribution in [3.63, 3.8) is 0 Å². The zero-order valence-corrected chi connectivity index (χ0v) is 11.3. The number of carbonyl (C=O) groups is 2.